The third-order valence-electron chi connectivity index (χ3n) is 5.02. The van der Waals surface area contributed by atoms with E-state index >= 15 is 0 Å². The van der Waals surface area contributed by atoms with Gasteiger partial charge in [0.1, 0.15) is 0 Å². The quantitative estimate of drug-likeness (QED) is 0.828. The third-order valence-corrected chi connectivity index (χ3v) is 5.87. The second-order valence-electron chi connectivity index (χ2n) is 6.69. The lowest BCUT2D eigenvalue weighted by Gasteiger charge is -2.31. The van der Waals surface area contributed by atoms with Crippen LogP contribution in [0.1, 0.15) is 54.6 Å². The van der Waals surface area contributed by atoms with E-state index in [9.17, 15) is 9.59 Å². The molecular formula is C19H26N2O2S. The average molecular weight is 346 g/mol. The minimum atomic E-state index is 0.0534. The normalized spacial score (nSPS) is 19.0. The fourth-order valence-corrected chi connectivity index (χ4v) is 4.21. The molecule has 1 aliphatic carbocycles. The van der Waals surface area contributed by atoms with E-state index in [-0.39, 0.29) is 17.7 Å². The first kappa shape index (κ1) is 17.2. The molecule has 24 heavy (non-hydrogen) atoms. The number of hydrogen-bond donors (Lipinski definition) is 1. The van der Waals surface area contributed by atoms with Crippen LogP contribution >= 0.6 is 11.3 Å². The van der Waals surface area contributed by atoms with Crippen LogP contribution in [0.3, 0.4) is 0 Å². The Balaban J connectivity index is 1.38. The highest BCUT2D eigenvalue weighted by Gasteiger charge is 2.27. The second kappa shape index (κ2) is 8.47. The maximum absolute atomic E-state index is 12.3. The van der Waals surface area contributed by atoms with Crippen molar-refractivity contribution in [2.24, 2.45) is 5.92 Å². The van der Waals surface area contributed by atoms with Gasteiger partial charge < -0.3 is 10.2 Å². The molecule has 0 spiro atoms. The van der Waals surface area contributed by atoms with Crippen LogP contribution < -0.4 is 5.32 Å². The van der Waals surface area contributed by atoms with E-state index in [1.165, 1.54) is 42.6 Å². The van der Waals surface area contributed by atoms with Crippen molar-refractivity contribution >= 4 is 23.2 Å². The maximum Gasteiger partial charge on any atom is 0.263 e. The van der Waals surface area contributed by atoms with Crippen molar-refractivity contribution in [3.05, 3.63) is 34.0 Å². The Kier molecular flexibility index (Phi) is 6.07. The second-order valence-corrected chi connectivity index (χ2v) is 7.64. The fraction of sp³-hybridized carbons (Fsp3) is 0.579. The first-order valence-electron chi connectivity index (χ1n) is 9.02. The van der Waals surface area contributed by atoms with E-state index in [0.717, 1.165) is 30.7 Å². The number of piperidine rings is 1. The van der Waals surface area contributed by atoms with Crippen LogP contribution in [-0.2, 0) is 4.79 Å². The van der Waals surface area contributed by atoms with E-state index in [2.05, 4.69) is 11.4 Å². The Bertz CT molecular complexity index is 587. The molecule has 1 saturated heterocycles. The summed E-state index contributed by atoms with van der Waals surface area (Å²) in [6, 6.07) is 3.77. The van der Waals surface area contributed by atoms with E-state index in [4.69, 9.17) is 0 Å². The van der Waals surface area contributed by atoms with Crippen LogP contribution in [0.2, 0.25) is 0 Å². The molecule has 0 saturated carbocycles. The molecular weight excluding hydrogens is 320 g/mol. The average Bonchev–Trinajstić information content (AvgIpc) is 3.17. The molecule has 3 rings (SSSR count). The third kappa shape index (κ3) is 4.47. The van der Waals surface area contributed by atoms with Gasteiger partial charge in [-0.1, -0.05) is 17.7 Å². The molecule has 1 aliphatic heterocycles. The lowest BCUT2D eigenvalue weighted by Crippen LogP contribution is -2.43. The van der Waals surface area contributed by atoms with Crippen LogP contribution in [0.4, 0.5) is 0 Å². The molecule has 4 nitrogen and oxygen atoms in total. The predicted octanol–water partition coefficient (Wildman–Crippen LogP) is 3.61. The predicted molar refractivity (Wildman–Crippen MR) is 97.1 cm³/mol. The number of amides is 2. The minimum Gasteiger partial charge on any atom is -0.356 e. The van der Waals surface area contributed by atoms with Gasteiger partial charge in [-0.25, -0.2) is 0 Å². The molecule has 5 heteroatoms. The fourth-order valence-electron chi connectivity index (χ4n) is 3.52. The van der Waals surface area contributed by atoms with Gasteiger partial charge in [0.2, 0.25) is 5.91 Å². The lowest BCUT2D eigenvalue weighted by molar-refractivity contribution is -0.126. The molecule has 0 radical (unpaired) electrons. The lowest BCUT2D eigenvalue weighted by atomic mass is 9.95. The number of likely N-dealkylation sites (tertiary alicyclic amines) is 1. The van der Waals surface area contributed by atoms with Gasteiger partial charge >= 0.3 is 0 Å². The zero-order valence-electron chi connectivity index (χ0n) is 14.1. The molecule has 1 N–H and O–H groups in total. The van der Waals surface area contributed by atoms with Gasteiger partial charge in [0.25, 0.3) is 5.91 Å². The number of carbonyl (C=O) groups excluding carboxylic acids is 2. The van der Waals surface area contributed by atoms with Gasteiger partial charge in [-0.2, -0.15) is 0 Å². The summed E-state index contributed by atoms with van der Waals surface area (Å²) in [6.45, 7) is 2.11. The standard InChI is InChI=1S/C19H26N2O2S/c22-18(20-11-8-15-5-2-1-3-6-15)16-9-12-21(13-10-16)19(23)17-7-4-14-24-17/h4-5,7,14,16H,1-3,6,8-13H2,(H,20,22). The molecule has 0 aromatic carbocycles. The van der Waals surface area contributed by atoms with Gasteiger partial charge in [-0.15, -0.1) is 11.3 Å². The Morgan fingerprint density at radius 3 is 2.75 bits per heavy atom. The van der Waals surface area contributed by atoms with Gasteiger partial charge in [0.15, 0.2) is 0 Å². The molecule has 1 aromatic heterocycles. The Hall–Kier alpha value is -1.62. The molecule has 0 unspecified atom stereocenters. The van der Waals surface area contributed by atoms with Gasteiger partial charge in [0.05, 0.1) is 4.88 Å². The molecule has 2 amide bonds. The monoisotopic (exact) mass is 346 g/mol. The zero-order valence-corrected chi connectivity index (χ0v) is 14.9. The van der Waals surface area contributed by atoms with Crippen LogP contribution in [-0.4, -0.2) is 36.3 Å². The summed E-state index contributed by atoms with van der Waals surface area (Å²) >= 11 is 1.48. The molecule has 2 heterocycles. The zero-order chi connectivity index (χ0) is 16.8. The molecule has 0 bridgehead atoms. The van der Waals surface area contributed by atoms with Crippen LogP contribution in [0.15, 0.2) is 29.2 Å². The van der Waals surface area contributed by atoms with Crippen LogP contribution in [0.25, 0.3) is 0 Å². The van der Waals surface area contributed by atoms with Crippen molar-refractivity contribution < 1.29 is 9.59 Å². The SMILES string of the molecule is O=C(NCCC1=CCCCC1)C1CCN(C(=O)c2cccs2)CC1. The number of rotatable bonds is 5. The number of nitrogens with one attached hydrogen (secondary N) is 1. The van der Waals surface area contributed by atoms with Crippen LogP contribution in [0.5, 0.6) is 0 Å². The van der Waals surface area contributed by atoms with Crippen LogP contribution in [0, 0.1) is 5.92 Å². The number of nitrogens with zero attached hydrogens (tertiary/aromatic N) is 1. The van der Waals surface area contributed by atoms with Gasteiger partial charge in [0, 0.05) is 25.6 Å². The number of allylic oxidation sites excluding steroid dienone is 1. The summed E-state index contributed by atoms with van der Waals surface area (Å²) in [5, 5.41) is 5.02. The topological polar surface area (TPSA) is 49.4 Å². The van der Waals surface area contributed by atoms with Crippen molar-refractivity contribution in [3.8, 4) is 0 Å². The Morgan fingerprint density at radius 1 is 1.25 bits per heavy atom. The molecule has 2 aliphatic rings. The number of thiophene rings is 1. The first-order chi connectivity index (χ1) is 11.7. The van der Waals surface area contributed by atoms with E-state index < -0.39 is 0 Å². The summed E-state index contributed by atoms with van der Waals surface area (Å²) in [6.07, 6.45) is 9.84. The summed E-state index contributed by atoms with van der Waals surface area (Å²) in [5.41, 5.74) is 1.50. The number of hydrogen-bond acceptors (Lipinski definition) is 3. The highest BCUT2D eigenvalue weighted by Crippen LogP contribution is 2.22. The summed E-state index contributed by atoms with van der Waals surface area (Å²) in [5.74, 6) is 0.320. The van der Waals surface area contributed by atoms with Gasteiger partial charge in [-0.05, 0) is 56.4 Å². The van der Waals surface area contributed by atoms with E-state index in [1.54, 1.807) is 0 Å². The van der Waals surface area contributed by atoms with Crippen molar-refractivity contribution in [2.45, 2.75) is 44.9 Å². The largest absolute Gasteiger partial charge is 0.356 e. The van der Waals surface area contributed by atoms with Gasteiger partial charge in [-0.3, -0.25) is 9.59 Å². The smallest absolute Gasteiger partial charge is 0.263 e. The highest BCUT2D eigenvalue weighted by atomic mass is 32.1. The van der Waals surface area contributed by atoms with Crippen molar-refractivity contribution in [2.75, 3.05) is 19.6 Å². The summed E-state index contributed by atoms with van der Waals surface area (Å²) in [7, 11) is 0. The Morgan fingerprint density at radius 2 is 2.08 bits per heavy atom. The molecule has 1 fully saturated rings. The molecule has 1 aromatic rings. The Labute approximate surface area is 147 Å². The van der Waals surface area contributed by atoms with Crippen molar-refractivity contribution in [3.63, 3.8) is 0 Å². The first-order valence-corrected chi connectivity index (χ1v) is 9.90. The summed E-state index contributed by atoms with van der Waals surface area (Å²) < 4.78 is 0. The number of carbonyl (C=O) groups is 2. The maximum atomic E-state index is 12.3. The minimum absolute atomic E-state index is 0.0534. The summed E-state index contributed by atoms with van der Waals surface area (Å²) in [4.78, 5) is 27.3. The highest BCUT2D eigenvalue weighted by molar-refractivity contribution is 7.12. The molecule has 130 valence electrons. The van der Waals surface area contributed by atoms with E-state index in [1.807, 2.05) is 22.4 Å². The molecule has 0 atom stereocenters. The van der Waals surface area contributed by atoms with E-state index in [0.29, 0.717) is 13.1 Å². The van der Waals surface area contributed by atoms with Crippen molar-refractivity contribution in [1.29, 1.82) is 0 Å². The van der Waals surface area contributed by atoms with Crippen molar-refractivity contribution in [1.82, 2.24) is 10.2 Å².